The van der Waals surface area contributed by atoms with Gasteiger partial charge in [0.25, 0.3) is 0 Å². The summed E-state index contributed by atoms with van der Waals surface area (Å²) in [5.74, 6) is -1.29. The average Bonchev–Trinajstić information content (AvgIpc) is 2.97. The summed E-state index contributed by atoms with van der Waals surface area (Å²) in [6, 6.07) is 0. The first-order chi connectivity index (χ1) is 12.7. The highest BCUT2D eigenvalue weighted by Crippen LogP contribution is 2.29. The average molecular weight is 398 g/mol. The molecule has 1 fully saturated rings. The third-order valence-corrected chi connectivity index (χ3v) is 4.11. The van der Waals surface area contributed by atoms with Crippen LogP contribution in [0.1, 0.15) is 54.4 Å². The van der Waals surface area contributed by atoms with E-state index in [1.807, 2.05) is 41.5 Å². The Morgan fingerprint density at radius 3 is 1.75 bits per heavy atom. The number of nitrogens with one attached hydrogen (secondary N) is 5. The van der Waals surface area contributed by atoms with Gasteiger partial charge in [-0.15, -0.1) is 0 Å². The molecule has 0 aliphatic carbocycles. The smallest absolute Gasteiger partial charge is 0.239 e. The zero-order chi connectivity index (χ0) is 21.6. The minimum Gasteiger partial charge on any atom is -0.350 e. The highest BCUT2D eigenvalue weighted by Gasteiger charge is 2.43. The molecule has 1 unspecified atom stereocenters. The Kier molecular flexibility index (Phi) is 7.98. The van der Waals surface area contributed by atoms with Crippen LogP contribution >= 0.6 is 0 Å². The van der Waals surface area contributed by atoms with Crippen molar-refractivity contribution in [2.45, 2.75) is 65.5 Å². The lowest BCUT2D eigenvalue weighted by Crippen LogP contribution is -2.51. The minimum absolute atomic E-state index is 0.0461. The van der Waals surface area contributed by atoms with Crippen LogP contribution in [0.4, 0.5) is 0 Å². The van der Waals surface area contributed by atoms with Gasteiger partial charge in [0.15, 0.2) is 0 Å². The van der Waals surface area contributed by atoms with E-state index in [9.17, 15) is 19.2 Å². The molecule has 1 rings (SSSR count). The fourth-order valence-electron chi connectivity index (χ4n) is 2.99. The van der Waals surface area contributed by atoms with Gasteiger partial charge in [0.05, 0.1) is 18.5 Å². The molecule has 0 bridgehead atoms. The first-order valence-electron chi connectivity index (χ1n) is 9.60. The summed E-state index contributed by atoms with van der Waals surface area (Å²) in [5.41, 5.74) is -1.69. The maximum atomic E-state index is 12.7. The number of rotatable bonds is 7. The van der Waals surface area contributed by atoms with Gasteiger partial charge in [-0.1, -0.05) is 0 Å². The van der Waals surface area contributed by atoms with E-state index in [1.165, 1.54) is 0 Å². The van der Waals surface area contributed by atoms with Crippen molar-refractivity contribution in [2.75, 3.05) is 26.2 Å². The van der Waals surface area contributed by atoms with Gasteiger partial charge in [-0.05, 0) is 54.5 Å². The molecule has 9 heteroatoms. The Labute approximate surface area is 167 Å². The van der Waals surface area contributed by atoms with E-state index in [0.717, 1.165) is 0 Å². The van der Waals surface area contributed by atoms with E-state index in [2.05, 4.69) is 26.6 Å². The normalized spacial score (nSPS) is 19.6. The van der Waals surface area contributed by atoms with Crippen molar-refractivity contribution in [3.05, 3.63) is 0 Å². The van der Waals surface area contributed by atoms with Crippen LogP contribution in [0.2, 0.25) is 0 Å². The molecule has 1 aliphatic rings. The Bertz CT molecular complexity index is 598. The zero-order valence-electron chi connectivity index (χ0n) is 17.9. The first kappa shape index (κ1) is 23.9. The number of carbonyl (C=O) groups is 4. The summed E-state index contributed by atoms with van der Waals surface area (Å²) in [4.78, 5) is 48.8. The largest absolute Gasteiger partial charge is 0.350 e. The van der Waals surface area contributed by atoms with Crippen LogP contribution in [-0.2, 0) is 19.2 Å². The Morgan fingerprint density at radius 2 is 1.32 bits per heavy atom. The first-order valence-corrected chi connectivity index (χ1v) is 9.60. The quantitative estimate of drug-likeness (QED) is 0.393. The molecule has 1 atom stereocenters. The second kappa shape index (κ2) is 9.36. The van der Waals surface area contributed by atoms with E-state index in [4.69, 9.17) is 0 Å². The van der Waals surface area contributed by atoms with Gasteiger partial charge in [-0.3, -0.25) is 19.2 Å². The van der Waals surface area contributed by atoms with Gasteiger partial charge < -0.3 is 26.6 Å². The third kappa shape index (κ3) is 8.69. The molecular formula is C19H35N5O4. The molecule has 0 aromatic carbocycles. The van der Waals surface area contributed by atoms with E-state index < -0.39 is 5.41 Å². The summed E-state index contributed by atoms with van der Waals surface area (Å²) in [6.07, 6.45) is 0.441. The number of amides is 4. The van der Waals surface area contributed by atoms with E-state index in [1.54, 1.807) is 0 Å². The number of carbonyl (C=O) groups excluding carboxylic acids is 4. The van der Waals surface area contributed by atoms with Crippen molar-refractivity contribution in [1.29, 1.82) is 0 Å². The van der Waals surface area contributed by atoms with Crippen LogP contribution in [0, 0.1) is 5.41 Å². The molecule has 0 saturated carbocycles. The fraction of sp³-hybridized carbons (Fsp3) is 0.789. The van der Waals surface area contributed by atoms with Crippen LogP contribution in [0.25, 0.3) is 0 Å². The minimum atomic E-state index is -0.924. The summed E-state index contributed by atoms with van der Waals surface area (Å²) >= 11 is 0. The molecule has 28 heavy (non-hydrogen) atoms. The predicted octanol–water partition coefficient (Wildman–Crippen LogP) is -0.582. The molecule has 0 aromatic heterocycles. The zero-order valence-corrected chi connectivity index (χ0v) is 17.9. The van der Waals surface area contributed by atoms with Crippen molar-refractivity contribution >= 4 is 23.6 Å². The maximum Gasteiger partial charge on any atom is 0.239 e. The highest BCUT2D eigenvalue weighted by molar-refractivity contribution is 5.93. The molecule has 0 spiro atoms. The molecule has 5 N–H and O–H groups in total. The maximum absolute atomic E-state index is 12.7. The Balaban J connectivity index is 2.58. The number of hydrogen-bond donors (Lipinski definition) is 5. The molecule has 9 nitrogen and oxygen atoms in total. The molecule has 1 saturated heterocycles. The Hall–Kier alpha value is -2.16. The predicted molar refractivity (Wildman–Crippen MR) is 106 cm³/mol. The lowest BCUT2D eigenvalue weighted by molar-refractivity contribution is -0.137. The van der Waals surface area contributed by atoms with Crippen molar-refractivity contribution in [2.24, 2.45) is 5.41 Å². The van der Waals surface area contributed by atoms with Gasteiger partial charge in [0, 0.05) is 24.0 Å². The topological polar surface area (TPSA) is 128 Å². The lowest BCUT2D eigenvalue weighted by atomic mass is 9.82. The van der Waals surface area contributed by atoms with Gasteiger partial charge in [-0.2, -0.15) is 0 Å². The van der Waals surface area contributed by atoms with Crippen molar-refractivity contribution in [3.63, 3.8) is 0 Å². The van der Waals surface area contributed by atoms with Crippen LogP contribution < -0.4 is 26.6 Å². The molecule has 0 aromatic rings. The third-order valence-electron chi connectivity index (χ3n) is 4.11. The van der Waals surface area contributed by atoms with Gasteiger partial charge in [0.1, 0.15) is 0 Å². The van der Waals surface area contributed by atoms with Crippen molar-refractivity contribution in [3.8, 4) is 0 Å². The SMILES string of the molecule is CC(C)(C)NC(=O)CNC(=O)CC1(C(=O)NCC(=O)NC(C)(C)C)CCNC1. The molecule has 160 valence electrons. The lowest BCUT2D eigenvalue weighted by Gasteiger charge is -2.27. The van der Waals surface area contributed by atoms with Crippen LogP contribution in [-0.4, -0.2) is 60.9 Å². The number of hydrogen-bond acceptors (Lipinski definition) is 5. The summed E-state index contributed by atoms with van der Waals surface area (Å²) in [5, 5.41) is 13.8. The second-order valence-electron chi connectivity index (χ2n) is 9.44. The fourth-order valence-corrected chi connectivity index (χ4v) is 2.99. The van der Waals surface area contributed by atoms with E-state index in [-0.39, 0.29) is 54.2 Å². The molecule has 1 aliphatic heterocycles. The Morgan fingerprint density at radius 1 is 0.821 bits per heavy atom. The summed E-state index contributed by atoms with van der Waals surface area (Å²) < 4.78 is 0. The summed E-state index contributed by atoms with van der Waals surface area (Å²) in [7, 11) is 0. The molecule has 0 radical (unpaired) electrons. The van der Waals surface area contributed by atoms with Crippen LogP contribution in [0.5, 0.6) is 0 Å². The van der Waals surface area contributed by atoms with E-state index in [0.29, 0.717) is 19.5 Å². The molecule has 1 heterocycles. The molecular weight excluding hydrogens is 362 g/mol. The van der Waals surface area contributed by atoms with Crippen LogP contribution in [0.3, 0.4) is 0 Å². The summed E-state index contributed by atoms with van der Waals surface area (Å²) in [6.45, 7) is 11.8. The van der Waals surface area contributed by atoms with Gasteiger partial charge in [-0.25, -0.2) is 0 Å². The van der Waals surface area contributed by atoms with E-state index >= 15 is 0 Å². The standard InChI is InChI=1S/C19H35N5O4/c1-17(2,3)23-14(26)10-21-13(25)9-19(7-8-20-12-19)16(28)22-11-15(27)24-18(4,5)6/h20H,7-12H2,1-6H3,(H,21,25)(H,22,28)(H,23,26)(H,24,27). The highest BCUT2D eigenvalue weighted by atomic mass is 16.2. The van der Waals surface area contributed by atoms with Gasteiger partial charge in [0.2, 0.25) is 23.6 Å². The van der Waals surface area contributed by atoms with Crippen LogP contribution in [0.15, 0.2) is 0 Å². The van der Waals surface area contributed by atoms with Crippen molar-refractivity contribution < 1.29 is 19.2 Å². The monoisotopic (exact) mass is 397 g/mol. The molecule has 4 amide bonds. The van der Waals surface area contributed by atoms with Crippen molar-refractivity contribution in [1.82, 2.24) is 26.6 Å². The second-order valence-corrected chi connectivity index (χ2v) is 9.44. The van der Waals surface area contributed by atoms with Gasteiger partial charge >= 0.3 is 0 Å².